The normalized spacial score (nSPS) is 52.1. The van der Waals surface area contributed by atoms with Crippen LogP contribution in [0.25, 0.3) is 6.08 Å². The van der Waals surface area contributed by atoms with Crippen LogP contribution in [0.2, 0.25) is 0 Å². The largest absolute Gasteiger partial charge is 0.456 e. The highest BCUT2D eigenvalue weighted by Crippen LogP contribution is 2.79. The number of fused-ring (bicyclic) bond motifs is 3. The quantitative estimate of drug-likeness (QED) is 0.0709. The van der Waals surface area contributed by atoms with Crippen molar-refractivity contribution < 1.29 is 112 Å². The fourth-order valence-corrected chi connectivity index (χ4v) is 17.0. The molecule has 23 heteroatoms. The van der Waals surface area contributed by atoms with Crippen LogP contribution in [0.5, 0.6) is 0 Å². The molecule has 11 rings (SSSR count). The smallest absolute Gasteiger partial charge is 0.331 e. The molecule has 0 aromatic heterocycles. The van der Waals surface area contributed by atoms with Crippen LogP contribution in [0.1, 0.15) is 111 Å². The van der Waals surface area contributed by atoms with Crippen molar-refractivity contribution >= 4 is 12.0 Å². The maximum absolute atomic E-state index is 13.3. The van der Waals surface area contributed by atoms with Crippen LogP contribution in [-0.4, -0.2) is 228 Å². The first kappa shape index (κ1) is 61.2. The van der Waals surface area contributed by atoms with Gasteiger partial charge in [0.2, 0.25) is 0 Å². The summed E-state index contributed by atoms with van der Waals surface area (Å²) in [5.41, 5.74) is -4.48. The second-order valence-corrected chi connectivity index (χ2v) is 25.3. The standard InChI is InChI=1S/C59H88O23/c1-29-48(78-43-25-37(69-8)49(30(2)73-43)79-53-47(66)51(70-9)50(31(3)74-53)80-52-46(65)45(64)44(63)38(27-60)77-52)36(68-7)24-42(72-29)76-35-18-19-54(5)34(23-35)17-20-58-39(54)26-40(61)56-28-71-55(6,81-58)82-59(56,58)22-21-57(56,67)32(4)75-41(62)16-15-33-13-11-10-12-14-33/h10-16,29-32,34-40,42-53,60-61,63-67H,17-28H2,1-9H3/b16-15+/t29-,30-,31-,32+,34+,35+,36+,37-,38-,39-,40-,42+,43+,44-,45+,46-,47-,48-,49-,50-,51-,52+,53+,54+,55+,56-,57-,58+,59-/m1/s1. The zero-order valence-corrected chi connectivity index (χ0v) is 48.5. The van der Waals surface area contributed by atoms with Gasteiger partial charge in [-0.2, -0.15) is 0 Å². The Hall–Kier alpha value is -2.41. The monoisotopic (exact) mass is 1160 g/mol. The molecule has 6 saturated heterocycles. The number of ether oxygens (including phenoxy) is 15. The van der Waals surface area contributed by atoms with E-state index in [1.807, 2.05) is 44.2 Å². The molecule has 6 heterocycles. The van der Waals surface area contributed by atoms with Crippen LogP contribution in [0.3, 0.4) is 0 Å². The summed E-state index contributed by atoms with van der Waals surface area (Å²) in [6, 6.07) is 9.43. The van der Waals surface area contributed by atoms with Gasteiger partial charge in [0.15, 0.2) is 25.2 Å². The van der Waals surface area contributed by atoms with Gasteiger partial charge in [0.1, 0.15) is 77.8 Å². The lowest BCUT2D eigenvalue weighted by Crippen LogP contribution is -2.80. The molecule has 2 bridgehead atoms. The number of carbonyl (C=O) groups excluding carboxylic acids is 1. The fourth-order valence-electron chi connectivity index (χ4n) is 17.0. The minimum Gasteiger partial charge on any atom is -0.456 e. The zero-order valence-electron chi connectivity index (χ0n) is 48.5. The number of carbonyl (C=O) groups is 1. The minimum atomic E-state index is -1.69. The van der Waals surface area contributed by atoms with E-state index in [4.69, 9.17) is 71.1 Å². The summed E-state index contributed by atoms with van der Waals surface area (Å²) in [5.74, 6) is -1.91. The number of methoxy groups -OCH3 is 3. The SMILES string of the molecule is CO[C@@H]1[C@@H](O)[C@H](O[C@@H]2[C@@H](C)O[C@@H](O[C@H]3[C@@H](OC)C[C@H](O[C@H]4CC[C@@]5(C)[C@@H](CC[C@]67O[C@]8(C)OC[C@]9([C@H](O)C[C@H]56)[C@@]7(CC[C@@]9(O)[C@H](C)OC(=O)/C=C/c5ccccc5)O8)C4)O[C@@H]3C)C[C@H]2OC)O[C@H](C)[C@H]1O[C@@H]1O[C@H](CO)[C@@H](O)[C@H](O)[C@H]1O. The number of aliphatic hydroxyl groups excluding tert-OH is 6. The van der Waals surface area contributed by atoms with E-state index in [1.54, 1.807) is 41.1 Å². The summed E-state index contributed by atoms with van der Waals surface area (Å²) in [5, 5.41) is 78.2. The van der Waals surface area contributed by atoms with Gasteiger partial charge in [-0.25, -0.2) is 4.79 Å². The number of rotatable bonds is 16. The van der Waals surface area contributed by atoms with Gasteiger partial charge in [0.05, 0.1) is 61.4 Å². The number of aliphatic hydroxyl groups is 7. The Labute approximate surface area is 478 Å². The summed E-state index contributed by atoms with van der Waals surface area (Å²) in [6.07, 6.45) is -11.7. The number of hydrogen-bond donors (Lipinski definition) is 7. The maximum atomic E-state index is 13.3. The molecular weight excluding hydrogens is 1080 g/mol. The average molecular weight is 1170 g/mol. The molecule has 10 fully saturated rings. The number of esters is 1. The van der Waals surface area contributed by atoms with E-state index in [-0.39, 0.29) is 42.8 Å². The first-order valence-corrected chi connectivity index (χ1v) is 29.6. The molecule has 0 amide bonds. The molecule has 7 N–H and O–H groups in total. The van der Waals surface area contributed by atoms with Gasteiger partial charge < -0.3 is 107 Å². The molecule has 29 atom stereocenters. The molecular formula is C59H88O23. The molecule has 10 aliphatic rings. The summed E-state index contributed by atoms with van der Waals surface area (Å²) in [6.45, 7) is 10.6. The van der Waals surface area contributed by atoms with Crippen molar-refractivity contribution in [3.63, 3.8) is 0 Å². The molecule has 2 spiro atoms. The van der Waals surface area contributed by atoms with E-state index in [2.05, 4.69) is 6.92 Å². The molecule has 4 aliphatic carbocycles. The van der Waals surface area contributed by atoms with Crippen LogP contribution in [-0.2, 0) is 75.8 Å². The van der Waals surface area contributed by atoms with Crippen LogP contribution in [0.15, 0.2) is 36.4 Å². The topological polar surface area (TPSA) is 297 Å². The van der Waals surface area contributed by atoms with Gasteiger partial charge in [-0.3, -0.25) is 0 Å². The van der Waals surface area contributed by atoms with Crippen LogP contribution >= 0.6 is 0 Å². The molecule has 1 aromatic rings. The lowest BCUT2D eigenvalue weighted by molar-refractivity contribution is -0.406. The van der Waals surface area contributed by atoms with E-state index in [0.29, 0.717) is 25.7 Å². The number of hydrogen-bond acceptors (Lipinski definition) is 23. The highest BCUT2D eigenvalue weighted by atomic mass is 16.9. The van der Waals surface area contributed by atoms with Crippen molar-refractivity contribution in [2.24, 2.45) is 22.7 Å². The summed E-state index contributed by atoms with van der Waals surface area (Å²) >= 11 is 0. The third kappa shape index (κ3) is 9.98. The van der Waals surface area contributed by atoms with Gasteiger partial charge in [-0.1, -0.05) is 37.3 Å². The molecule has 6 aliphatic heterocycles. The lowest BCUT2D eigenvalue weighted by Gasteiger charge is -2.69. The molecule has 82 heavy (non-hydrogen) atoms. The van der Waals surface area contributed by atoms with Gasteiger partial charge in [0.25, 0.3) is 5.97 Å². The third-order valence-electron chi connectivity index (χ3n) is 21.2. The Morgan fingerprint density at radius 2 is 1.34 bits per heavy atom. The van der Waals surface area contributed by atoms with Gasteiger partial charge in [-0.15, -0.1) is 0 Å². The van der Waals surface area contributed by atoms with Gasteiger partial charge in [-0.05, 0) is 108 Å². The summed E-state index contributed by atoms with van der Waals surface area (Å²) in [7, 11) is 4.56. The molecule has 462 valence electrons. The van der Waals surface area contributed by atoms with Crippen molar-refractivity contribution in [3.05, 3.63) is 42.0 Å². The second-order valence-electron chi connectivity index (χ2n) is 25.3. The Balaban J connectivity index is 0.699. The van der Waals surface area contributed by atoms with E-state index >= 15 is 0 Å². The van der Waals surface area contributed by atoms with E-state index in [0.717, 1.165) is 31.2 Å². The van der Waals surface area contributed by atoms with Crippen LogP contribution in [0, 0.1) is 22.7 Å². The predicted octanol–water partition coefficient (Wildman–Crippen LogP) is 2.11. The van der Waals surface area contributed by atoms with Crippen molar-refractivity contribution in [1.29, 1.82) is 0 Å². The van der Waals surface area contributed by atoms with E-state index in [9.17, 15) is 40.5 Å². The first-order chi connectivity index (χ1) is 39.0. The van der Waals surface area contributed by atoms with E-state index < -0.39 is 164 Å². The van der Waals surface area contributed by atoms with Crippen LogP contribution in [0.4, 0.5) is 0 Å². The highest BCUT2D eigenvalue weighted by Gasteiger charge is 2.90. The molecule has 23 nitrogen and oxygen atoms in total. The molecule has 1 aromatic carbocycles. The third-order valence-corrected chi connectivity index (χ3v) is 21.2. The Morgan fingerprint density at radius 1 is 0.695 bits per heavy atom. The van der Waals surface area contributed by atoms with Crippen molar-refractivity contribution in [2.75, 3.05) is 34.5 Å². The minimum absolute atomic E-state index is 0.0168. The summed E-state index contributed by atoms with van der Waals surface area (Å²) in [4.78, 5) is 13.3. The van der Waals surface area contributed by atoms with Crippen molar-refractivity contribution in [1.82, 2.24) is 0 Å². The zero-order chi connectivity index (χ0) is 58.5. The molecule has 4 saturated carbocycles. The van der Waals surface area contributed by atoms with Crippen molar-refractivity contribution in [3.8, 4) is 0 Å². The Morgan fingerprint density at radius 3 is 2.01 bits per heavy atom. The second kappa shape index (κ2) is 23.3. The lowest BCUT2D eigenvalue weighted by atomic mass is 9.40. The summed E-state index contributed by atoms with van der Waals surface area (Å²) < 4.78 is 95.0. The fraction of sp³-hybridized carbons (Fsp3) is 0.847. The Bertz CT molecular complexity index is 2410. The first-order valence-electron chi connectivity index (χ1n) is 29.6. The molecule has 0 unspecified atom stereocenters. The molecule has 0 radical (unpaired) electrons. The van der Waals surface area contributed by atoms with Crippen molar-refractivity contribution in [2.45, 2.75) is 257 Å². The average Bonchev–Trinajstić information content (AvgIpc) is 1.52. The number of benzene rings is 1. The maximum Gasteiger partial charge on any atom is 0.331 e. The Kier molecular flexibility index (Phi) is 17.4. The predicted molar refractivity (Wildman–Crippen MR) is 282 cm³/mol. The highest BCUT2D eigenvalue weighted by molar-refractivity contribution is 5.87. The van der Waals surface area contributed by atoms with Crippen LogP contribution < -0.4 is 0 Å². The van der Waals surface area contributed by atoms with Gasteiger partial charge in [0, 0.05) is 47.2 Å². The van der Waals surface area contributed by atoms with E-state index in [1.165, 1.54) is 13.2 Å². The van der Waals surface area contributed by atoms with Gasteiger partial charge >= 0.3 is 5.97 Å².